The van der Waals surface area contributed by atoms with E-state index in [9.17, 15) is 4.79 Å². The molecule has 1 aliphatic heterocycles. The molecule has 21 heavy (non-hydrogen) atoms. The predicted octanol–water partition coefficient (Wildman–Crippen LogP) is 2.29. The minimum Gasteiger partial charge on any atom is -0.338 e. The molecule has 0 saturated carbocycles. The predicted molar refractivity (Wildman–Crippen MR) is 82.4 cm³/mol. The van der Waals surface area contributed by atoms with E-state index in [0.717, 1.165) is 31.5 Å². The van der Waals surface area contributed by atoms with Crippen LogP contribution >= 0.6 is 0 Å². The second-order valence-electron chi connectivity index (χ2n) is 5.71. The standard InChI is InChI=1S/C17H23N3O/c1-3-10-20(17(21)16-8-9-19-13(16)2)12-15-6-4-14(11-18)5-7-15/h4-7,13,16,19H,3,8-10,12H2,1-2H3. The first kappa shape index (κ1) is 15.5. The summed E-state index contributed by atoms with van der Waals surface area (Å²) in [5.41, 5.74) is 1.73. The number of amides is 1. The van der Waals surface area contributed by atoms with Crippen molar-refractivity contribution in [2.75, 3.05) is 13.1 Å². The number of nitrogens with one attached hydrogen (secondary N) is 1. The van der Waals surface area contributed by atoms with E-state index in [1.165, 1.54) is 0 Å². The van der Waals surface area contributed by atoms with Crippen molar-refractivity contribution in [2.24, 2.45) is 5.92 Å². The van der Waals surface area contributed by atoms with Gasteiger partial charge in [0.1, 0.15) is 0 Å². The molecule has 1 aromatic carbocycles. The zero-order valence-electron chi connectivity index (χ0n) is 12.8. The maximum absolute atomic E-state index is 12.7. The highest BCUT2D eigenvalue weighted by Crippen LogP contribution is 2.20. The molecule has 0 aliphatic carbocycles. The summed E-state index contributed by atoms with van der Waals surface area (Å²) in [5, 5.41) is 12.2. The second kappa shape index (κ2) is 7.24. The molecular weight excluding hydrogens is 262 g/mol. The second-order valence-corrected chi connectivity index (χ2v) is 5.71. The van der Waals surface area contributed by atoms with Crippen molar-refractivity contribution in [3.8, 4) is 6.07 Å². The van der Waals surface area contributed by atoms with Crippen molar-refractivity contribution < 1.29 is 4.79 Å². The molecular formula is C17H23N3O. The Kier molecular flexibility index (Phi) is 5.35. The minimum absolute atomic E-state index is 0.0925. The van der Waals surface area contributed by atoms with Crippen molar-refractivity contribution in [2.45, 2.75) is 39.3 Å². The molecule has 1 amide bonds. The Balaban J connectivity index is 2.07. The van der Waals surface area contributed by atoms with Crippen LogP contribution in [0.2, 0.25) is 0 Å². The third kappa shape index (κ3) is 3.83. The zero-order valence-corrected chi connectivity index (χ0v) is 12.8. The van der Waals surface area contributed by atoms with Crippen molar-refractivity contribution in [1.29, 1.82) is 5.26 Å². The molecule has 2 rings (SSSR count). The number of benzene rings is 1. The summed E-state index contributed by atoms with van der Waals surface area (Å²) in [7, 11) is 0. The smallest absolute Gasteiger partial charge is 0.227 e. The van der Waals surface area contributed by atoms with Crippen LogP contribution in [0.5, 0.6) is 0 Å². The summed E-state index contributed by atoms with van der Waals surface area (Å²) >= 11 is 0. The molecule has 112 valence electrons. The third-order valence-electron chi connectivity index (χ3n) is 4.10. The van der Waals surface area contributed by atoms with Gasteiger partial charge in [-0.1, -0.05) is 19.1 Å². The monoisotopic (exact) mass is 285 g/mol. The van der Waals surface area contributed by atoms with Crippen LogP contribution < -0.4 is 5.32 Å². The Hall–Kier alpha value is -1.86. The maximum Gasteiger partial charge on any atom is 0.227 e. The van der Waals surface area contributed by atoms with E-state index in [2.05, 4.69) is 25.2 Å². The number of hydrogen-bond acceptors (Lipinski definition) is 3. The lowest BCUT2D eigenvalue weighted by atomic mass is 9.99. The van der Waals surface area contributed by atoms with Crippen LogP contribution in [0.1, 0.15) is 37.8 Å². The minimum atomic E-state index is 0.0925. The fraction of sp³-hybridized carbons (Fsp3) is 0.529. The van der Waals surface area contributed by atoms with Gasteiger partial charge in [0.15, 0.2) is 0 Å². The first-order valence-corrected chi connectivity index (χ1v) is 7.67. The van der Waals surface area contributed by atoms with Gasteiger partial charge in [0, 0.05) is 19.1 Å². The molecule has 1 N–H and O–H groups in total. The first-order chi connectivity index (χ1) is 10.2. The van der Waals surface area contributed by atoms with Gasteiger partial charge in [-0.05, 0) is 44.0 Å². The average Bonchev–Trinajstić information content (AvgIpc) is 2.93. The summed E-state index contributed by atoms with van der Waals surface area (Å²) in [4.78, 5) is 14.7. The van der Waals surface area contributed by atoms with E-state index in [0.29, 0.717) is 12.1 Å². The molecule has 4 nitrogen and oxygen atoms in total. The average molecular weight is 285 g/mol. The quantitative estimate of drug-likeness (QED) is 0.903. The lowest BCUT2D eigenvalue weighted by Crippen LogP contribution is -2.40. The van der Waals surface area contributed by atoms with E-state index in [-0.39, 0.29) is 17.9 Å². The number of nitrogens with zero attached hydrogens (tertiary/aromatic N) is 2. The fourth-order valence-corrected chi connectivity index (χ4v) is 2.87. The Morgan fingerprint density at radius 2 is 2.14 bits per heavy atom. The number of carbonyl (C=O) groups excluding carboxylic acids is 1. The molecule has 1 saturated heterocycles. The molecule has 1 aromatic rings. The number of carbonyl (C=O) groups is 1. The highest BCUT2D eigenvalue weighted by Gasteiger charge is 2.32. The summed E-state index contributed by atoms with van der Waals surface area (Å²) in [6.45, 7) is 6.51. The third-order valence-corrected chi connectivity index (χ3v) is 4.10. The Labute approximate surface area is 126 Å². The molecule has 1 fully saturated rings. The summed E-state index contributed by atoms with van der Waals surface area (Å²) < 4.78 is 0. The SMILES string of the molecule is CCCN(Cc1ccc(C#N)cc1)C(=O)C1CCNC1C. The molecule has 0 aromatic heterocycles. The normalized spacial score (nSPS) is 21.0. The molecule has 0 radical (unpaired) electrons. The summed E-state index contributed by atoms with van der Waals surface area (Å²) in [6, 6.07) is 9.87. The van der Waals surface area contributed by atoms with Gasteiger partial charge < -0.3 is 10.2 Å². The van der Waals surface area contributed by atoms with Crippen LogP contribution in [0.25, 0.3) is 0 Å². The molecule has 0 bridgehead atoms. The lowest BCUT2D eigenvalue weighted by Gasteiger charge is -2.27. The topological polar surface area (TPSA) is 56.1 Å². The molecule has 4 heteroatoms. The van der Waals surface area contributed by atoms with Gasteiger partial charge in [-0.15, -0.1) is 0 Å². The van der Waals surface area contributed by atoms with Crippen LogP contribution in [-0.4, -0.2) is 29.9 Å². The molecule has 1 heterocycles. The van der Waals surface area contributed by atoms with Crippen LogP contribution in [0, 0.1) is 17.2 Å². The molecule has 1 aliphatic rings. The molecule has 2 atom stereocenters. The number of hydrogen-bond donors (Lipinski definition) is 1. The van der Waals surface area contributed by atoms with E-state index in [4.69, 9.17) is 5.26 Å². The Morgan fingerprint density at radius 3 is 2.67 bits per heavy atom. The van der Waals surface area contributed by atoms with Gasteiger partial charge >= 0.3 is 0 Å². The zero-order chi connectivity index (χ0) is 15.2. The van der Waals surface area contributed by atoms with E-state index < -0.39 is 0 Å². The van der Waals surface area contributed by atoms with Crippen molar-refractivity contribution >= 4 is 5.91 Å². The van der Waals surface area contributed by atoms with Crippen LogP contribution in [0.15, 0.2) is 24.3 Å². The highest BCUT2D eigenvalue weighted by molar-refractivity contribution is 5.80. The van der Waals surface area contributed by atoms with Gasteiger partial charge in [-0.2, -0.15) is 5.26 Å². The van der Waals surface area contributed by atoms with Crippen LogP contribution in [-0.2, 0) is 11.3 Å². The van der Waals surface area contributed by atoms with E-state index in [1.807, 2.05) is 29.2 Å². The van der Waals surface area contributed by atoms with Gasteiger partial charge in [-0.25, -0.2) is 0 Å². The largest absolute Gasteiger partial charge is 0.338 e. The Bertz CT molecular complexity index is 518. The summed E-state index contributed by atoms with van der Waals surface area (Å²) in [6.07, 6.45) is 1.88. The number of nitriles is 1. The van der Waals surface area contributed by atoms with Crippen molar-refractivity contribution in [3.05, 3.63) is 35.4 Å². The van der Waals surface area contributed by atoms with Gasteiger partial charge in [0.2, 0.25) is 5.91 Å². The van der Waals surface area contributed by atoms with Gasteiger partial charge in [0.05, 0.1) is 17.6 Å². The van der Waals surface area contributed by atoms with Gasteiger partial charge in [0.25, 0.3) is 0 Å². The fourth-order valence-electron chi connectivity index (χ4n) is 2.87. The van der Waals surface area contributed by atoms with Crippen LogP contribution in [0.3, 0.4) is 0 Å². The summed E-state index contributed by atoms with van der Waals surface area (Å²) in [5.74, 6) is 0.341. The first-order valence-electron chi connectivity index (χ1n) is 7.67. The molecule has 2 unspecified atom stereocenters. The highest BCUT2D eigenvalue weighted by atomic mass is 16.2. The van der Waals surface area contributed by atoms with E-state index in [1.54, 1.807) is 0 Å². The lowest BCUT2D eigenvalue weighted by molar-refractivity contribution is -0.136. The van der Waals surface area contributed by atoms with E-state index >= 15 is 0 Å². The van der Waals surface area contributed by atoms with Crippen molar-refractivity contribution in [3.63, 3.8) is 0 Å². The Morgan fingerprint density at radius 1 is 1.43 bits per heavy atom. The van der Waals surface area contributed by atoms with Crippen LogP contribution in [0.4, 0.5) is 0 Å². The number of rotatable bonds is 5. The van der Waals surface area contributed by atoms with Gasteiger partial charge in [-0.3, -0.25) is 4.79 Å². The van der Waals surface area contributed by atoms with Crippen molar-refractivity contribution in [1.82, 2.24) is 10.2 Å². The maximum atomic E-state index is 12.7. The molecule has 0 spiro atoms.